The van der Waals surface area contributed by atoms with Gasteiger partial charge in [0.1, 0.15) is 0 Å². The molecule has 4 rings (SSSR count). The van der Waals surface area contributed by atoms with E-state index in [1.807, 2.05) is 0 Å². The van der Waals surface area contributed by atoms with Gasteiger partial charge >= 0.3 is 0 Å². The Labute approximate surface area is 189 Å². The maximum absolute atomic E-state index is 13.3. The maximum Gasteiger partial charge on any atom is 0.255 e. The molecule has 3 aliphatic rings. The van der Waals surface area contributed by atoms with Crippen LogP contribution >= 0.6 is 0 Å². The molecule has 0 unspecified atom stereocenters. The van der Waals surface area contributed by atoms with Crippen molar-refractivity contribution in [1.29, 1.82) is 0 Å². The Morgan fingerprint density at radius 3 is 2.12 bits per heavy atom. The molecule has 10 heteroatoms. The zero-order valence-electron chi connectivity index (χ0n) is 18.4. The van der Waals surface area contributed by atoms with Crippen LogP contribution in [0.5, 0.6) is 0 Å². The van der Waals surface area contributed by atoms with Gasteiger partial charge in [-0.25, -0.2) is 8.42 Å². The number of hydrogen-bond acceptors (Lipinski definition) is 6. The second kappa shape index (κ2) is 10.3. The van der Waals surface area contributed by atoms with E-state index in [1.165, 1.54) is 10.4 Å². The molecule has 0 aromatic heterocycles. The topological polar surface area (TPSA) is 90.5 Å². The molecule has 3 saturated heterocycles. The number of amides is 2. The standard InChI is InChI=1S/C22H32N4O5S/c27-21(18-23-14-16-31-17-15-23)24-10-12-25(13-11-24)22(28)19-6-2-3-7-20(19)32(29,30)26-8-4-1-5-9-26/h2-3,6-7H,1,4-5,8-18H2. The molecule has 0 atom stereocenters. The Kier molecular flexibility index (Phi) is 7.44. The molecule has 3 aliphatic heterocycles. The fraction of sp³-hybridized carbons (Fsp3) is 0.636. The molecule has 1 aromatic carbocycles. The minimum Gasteiger partial charge on any atom is -0.379 e. The molecule has 32 heavy (non-hydrogen) atoms. The van der Waals surface area contributed by atoms with Crippen molar-refractivity contribution in [2.75, 3.05) is 72.1 Å². The number of piperazine rings is 1. The number of sulfonamides is 1. The first kappa shape index (κ1) is 23.2. The second-order valence-electron chi connectivity index (χ2n) is 8.52. The molecule has 3 fully saturated rings. The van der Waals surface area contributed by atoms with Crippen molar-refractivity contribution in [3.05, 3.63) is 29.8 Å². The zero-order valence-corrected chi connectivity index (χ0v) is 19.3. The van der Waals surface area contributed by atoms with Crippen LogP contribution in [0.25, 0.3) is 0 Å². The van der Waals surface area contributed by atoms with Gasteiger partial charge in [0.05, 0.1) is 30.2 Å². The molecule has 2 amide bonds. The van der Waals surface area contributed by atoms with Crippen LogP contribution in [-0.4, -0.2) is 111 Å². The van der Waals surface area contributed by atoms with Crippen molar-refractivity contribution in [3.8, 4) is 0 Å². The summed E-state index contributed by atoms with van der Waals surface area (Å²) in [6.45, 7) is 5.87. The second-order valence-corrected chi connectivity index (χ2v) is 10.4. The highest BCUT2D eigenvalue weighted by Crippen LogP contribution is 2.25. The zero-order chi connectivity index (χ0) is 22.6. The summed E-state index contributed by atoms with van der Waals surface area (Å²) in [5, 5.41) is 0. The van der Waals surface area contributed by atoms with E-state index >= 15 is 0 Å². The highest BCUT2D eigenvalue weighted by Gasteiger charge is 2.32. The van der Waals surface area contributed by atoms with Gasteiger partial charge in [0.2, 0.25) is 15.9 Å². The Morgan fingerprint density at radius 1 is 0.812 bits per heavy atom. The normalized spacial score (nSPS) is 21.5. The van der Waals surface area contributed by atoms with Gasteiger partial charge in [0.25, 0.3) is 5.91 Å². The first-order chi connectivity index (χ1) is 15.5. The summed E-state index contributed by atoms with van der Waals surface area (Å²) in [5.41, 5.74) is 0.214. The van der Waals surface area contributed by atoms with Crippen molar-refractivity contribution < 1.29 is 22.7 Å². The van der Waals surface area contributed by atoms with Gasteiger partial charge in [-0.3, -0.25) is 14.5 Å². The smallest absolute Gasteiger partial charge is 0.255 e. The molecule has 0 aliphatic carbocycles. The lowest BCUT2D eigenvalue weighted by atomic mass is 10.1. The fourth-order valence-electron chi connectivity index (χ4n) is 4.49. The first-order valence-corrected chi connectivity index (χ1v) is 12.9. The molecule has 1 aromatic rings. The van der Waals surface area contributed by atoms with Crippen LogP contribution in [0.4, 0.5) is 0 Å². The fourth-order valence-corrected chi connectivity index (χ4v) is 6.19. The highest BCUT2D eigenvalue weighted by molar-refractivity contribution is 7.89. The van der Waals surface area contributed by atoms with Crippen molar-refractivity contribution in [2.45, 2.75) is 24.2 Å². The summed E-state index contributed by atoms with van der Waals surface area (Å²) in [6.07, 6.45) is 2.71. The number of rotatable bonds is 5. The van der Waals surface area contributed by atoms with Gasteiger partial charge in [-0.1, -0.05) is 18.6 Å². The van der Waals surface area contributed by atoms with Gasteiger partial charge in [0.15, 0.2) is 0 Å². The van der Waals surface area contributed by atoms with Crippen molar-refractivity contribution >= 4 is 21.8 Å². The monoisotopic (exact) mass is 464 g/mol. The molecule has 0 radical (unpaired) electrons. The van der Waals surface area contributed by atoms with E-state index in [2.05, 4.69) is 4.90 Å². The average molecular weight is 465 g/mol. The van der Waals surface area contributed by atoms with Crippen LogP contribution in [0.1, 0.15) is 29.6 Å². The Bertz CT molecular complexity index is 918. The molecule has 0 N–H and O–H groups in total. The van der Waals surface area contributed by atoms with E-state index in [0.29, 0.717) is 59.0 Å². The van der Waals surface area contributed by atoms with Gasteiger partial charge in [-0.15, -0.1) is 0 Å². The first-order valence-electron chi connectivity index (χ1n) is 11.4. The van der Waals surface area contributed by atoms with Gasteiger partial charge in [-0.2, -0.15) is 4.31 Å². The minimum atomic E-state index is -3.71. The van der Waals surface area contributed by atoms with Gasteiger partial charge in [0, 0.05) is 52.4 Å². The van der Waals surface area contributed by atoms with Gasteiger partial charge in [-0.05, 0) is 25.0 Å². The maximum atomic E-state index is 13.3. The predicted octanol–water partition coefficient (Wildman–Crippen LogP) is 0.478. The number of carbonyl (C=O) groups excluding carboxylic acids is 2. The average Bonchev–Trinajstić information content (AvgIpc) is 2.85. The predicted molar refractivity (Wildman–Crippen MR) is 119 cm³/mol. The van der Waals surface area contributed by atoms with E-state index < -0.39 is 10.0 Å². The lowest BCUT2D eigenvalue weighted by Gasteiger charge is -2.36. The summed E-state index contributed by atoms with van der Waals surface area (Å²) in [6, 6.07) is 6.48. The third-order valence-electron chi connectivity index (χ3n) is 6.43. The summed E-state index contributed by atoms with van der Waals surface area (Å²) in [7, 11) is -3.71. The number of piperidine rings is 1. The largest absolute Gasteiger partial charge is 0.379 e. The lowest BCUT2D eigenvalue weighted by Crippen LogP contribution is -2.53. The number of benzene rings is 1. The van der Waals surface area contributed by atoms with Gasteiger partial charge < -0.3 is 14.5 Å². The summed E-state index contributed by atoms with van der Waals surface area (Å²) < 4.78 is 33.2. The molecule has 0 bridgehead atoms. The summed E-state index contributed by atoms with van der Waals surface area (Å²) in [4.78, 5) is 31.5. The van der Waals surface area contributed by atoms with Crippen LogP contribution in [0.2, 0.25) is 0 Å². The third kappa shape index (κ3) is 5.14. The molecule has 176 valence electrons. The van der Waals surface area contributed by atoms with Crippen molar-refractivity contribution in [3.63, 3.8) is 0 Å². The molecule has 0 saturated carbocycles. The number of carbonyl (C=O) groups is 2. The van der Waals surface area contributed by atoms with E-state index in [4.69, 9.17) is 4.74 Å². The summed E-state index contributed by atoms with van der Waals surface area (Å²) >= 11 is 0. The van der Waals surface area contributed by atoms with Crippen LogP contribution < -0.4 is 0 Å². The summed E-state index contributed by atoms with van der Waals surface area (Å²) in [5.74, 6) is -0.228. The lowest BCUT2D eigenvalue weighted by molar-refractivity contribution is -0.134. The molecular weight excluding hydrogens is 432 g/mol. The third-order valence-corrected chi connectivity index (χ3v) is 8.39. The minimum absolute atomic E-state index is 0.0621. The number of nitrogens with zero attached hydrogens (tertiary/aromatic N) is 4. The molecule has 9 nitrogen and oxygen atoms in total. The number of ether oxygens (including phenoxy) is 1. The Balaban J connectivity index is 1.40. The van der Waals surface area contributed by atoms with Crippen LogP contribution in [-0.2, 0) is 19.6 Å². The van der Waals surface area contributed by atoms with E-state index in [-0.39, 0.29) is 22.3 Å². The molecular formula is C22H32N4O5S. The van der Waals surface area contributed by atoms with Crippen LogP contribution in [0, 0.1) is 0 Å². The Morgan fingerprint density at radius 2 is 1.44 bits per heavy atom. The van der Waals surface area contributed by atoms with Crippen LogP contribution in [0.3, 0.4) is 0 Å². The number of hydrogen-bond donors (Lipinski definition) is 0. The van der Waals surface area contributed by atoms with E-state index in [1.54, 1.807) is 28.0 Å². The quantitative estimate of drug-likeness (QED) is 0.630. The van der Waals surface area contributed by atoms with E-state index in [9.17, 15) is 18.0 Å². The van der Waals surface area contributed by atoms with E-state index in [0.717, 1.165) is 32.4 Å². The SMILES string of the molecule is O=C(CN1CCOCC1)N1CCN(C(=O)c2ccccc2S(=O)(=O)N2CCCCC2)CC1. The molecule has 3 heterocycles. The van der Waals surface area contributed by atoms with Crippen molar-refractivity contribution in [2.24, 2.45) is 0 Å². The van der Waals surface area contributed by atoms with Crippen LogP contribution in [0.15, 0.2) is 29.2 Å². The van der Waals surface area contributed by atoms with Crippen molar-refractivity contribution in [1.82, 2.24) is 19.0 Å². The Hall–Kier alpha value is -2.01. The number of morpholine rings is 1. The molecule has 0 spiro atoms. The highest BCUT2D eigenvalue weighted by atomic mass is 32.2.